The molecule has 0 aromatic rings. The third-order valence-electron chi connectivity index (χ3n) is 1.81. The molecule has 6 N–H and O–H groups in total. The first kappa shape index (κ1) is 8.83. The second-order valence-corrected chi connectivity index (χ2v) is 3.07. The molecule has 0 aromatic carbocycles. The maximum absolute atomic E-state index is 7.24. The van der Waals surface area contributed by atoms with E-state index in [1.807, 2.05) is 0 Å². The van der Waals surface area contributed by atoms with Gasteiger partial charge in [0.1, 0.15) is 0 Å². The largest absolute Gasteiger partial charge is 0.370 e. The van der Waals surface area contributed by atoms with Crippen molar-refractivity contribution in [3.8, 4) is 0 Å². The summed E-state index contributed by atoms with van der Waals surface area (Å²) in [6.45, 7) is 0.795. The summed E-state index contributed by atoms with van der Waals surface area (Å²) in [5.41, 5.74) is 5.03. The van der Waals surface area contributed by atoms with Crippen LogP contribution in [0, 0.1) is 16.7 Å². The molecular formula is C7H15N5. The van der Waals surface area contributed by atoms with Crippen molar-refractivity contribution in [2.24, 2.45) is 11.7 Å². The van der Waals surface area contributed by atoms with Crippen LogP contribution in [-0.4, -0.2) is 18.5 Å². The van der Waals surface area contributed by atoms with Crippen molar-refractivity contribution in [2.75, 3.05) is 6.54 Å². The number of guanidine groups is 2. The molecule has 5 heteroatoms. The summed E-state index contributed by atoms with van der Waals surface area (Å²) in [6, 6.07) is 0. The fourth-order valence-corrected chi connectivity index (χ4v) is 0.987. The minimum absolute atomic E-state index is 0.114. The molecule has 0 aromatic heterocycles. The lowest BCUT2D eigenvalue weighted by Gasteiger charge is -2.07. The normalized spacial score (nSPS) is 15.3. The second kappa shape index (κ2) is 3.94. The van der Waals surface area contributed by atoms with Crippen LogP contribution in [-0.2, 0) is 0 Å². The van der Waals surface area contributed by atoms with E-state index in [4.69, 9.17) is 16.6 Å². The molecule has 0 amide bonds. The van der Waals surface area contributed by atoms with Gasteiger partial charge in [-0.15, -0.1) is 0 Å². The predicted octanol–water partition coefficient (Wildman–Crippen LogP) is -0.206. The summed E-state index contributed by atoms with van der Waals surface area (Å²) in [6.07, 6.45) is 3.77. The molecule has 0 unspecified atom stereocenters. The van der Waals surface area contributed by atoms with E-state index in [9.17, 15) is 0 Å². The van der Waals surface area contributed by atoms with Crippen molar-refractivity contribution < 1.29 is 0 Å². The first-order valence-electron chi connectivity index (χ1n) is 4.12. The molecule has 0 spiro atoms. The van der Waals surface area contributed by atoms with E-state index < -0.39 is 0 Å². The number of nitrogens with two attached hydrogens (primary N) is 1. The molecule has 12 heavy (non-hydrogen) atoms. The van der Waals surface area contributed by atoms with Gasteiger partial charge in [-0.25, -0.2) is 0 Å². The van der Waals surface area contributed by atoms with Gasteiger partial charge in [0.05, 0.1) is 0 Å². The van der Waals surface area contributed by atoms with Crippen LogP contribution in [0.3, 0.4) is 0 Å². The van der Waals surface area contributed by atoms with Crippen LogP contribution in [0.25, 0.3) is 0 Å². The summed E-state index contributed by atoms with van der Waals surface area (Å²) in [5.74, 6) is 0.782. The van der Waals surface area contributed by atoms with Crippen molar-refractivity contribution in [3.63, 3.8) is 0 Å². The molecule has 1 aliphatic rings. The highest BCUT2D eigenvalue weighted by molar-refractivity contribution is 5.94. The Hall–Kier alpha value is -1.26. The number of hydrogen-bond acceptors (Lipinski definition) is 2. The lowest BCUT2D eigenvalue weighted by atomic mass is 10.3. The van der Waals surface area contributed by atoms with Crippen molar-refractivity contribution in [1.82, 2.24) is 10.6 Å². The van der Waals surface area contributed by atoms with Gasteiger partial charge in [0, 0.05) is 6.54 Å². The Labute approximate surface area is 71.7 Å². The van der Waals surface area contributed by atoms with Crippen molar-refractivity contribution in [1.29, 1.82) is 10.8 Å². The van der Waals surface area contributed by atoms with E-state index in [0.717, 1.165) is 18.9 Å². The standard InChI is InChI=1S/C7H15N5/c8-6(9)12-7(10)11-4-3-5-1-2-5/h5H,1-4H2,(H6,8,9,10,11,12). The molecular weight excluding hydrogens is 154 g/mol. The molecule has 0 saturated heterocycles. The highest BCUT2D eigenvalue weighted by Gasteiger charge is 2.20. The Kier molecular flexibility index (Phi) is 2.90. The maximum atomic E-state index is 7.24. The third kappa shape index (κ3) is 3.80. The van der Waals surface area contributed by atoms with E-state index >= 15 is 0 Å². The molecule has 5 nitrogen and oxygen atoms in total. The summed E-state index contributed by atoms with van der Waals surface area (Å²) in [7, 11) is 0. The lowest BCUT2D eigenvalue weighted by molar-refractivity contribution is 0.693. The summed E-state index contributed by atoms with van der Waals surface area (Å²) >= 11 is 0. The van der Waals surface area contributed by atoms with Crippen LogP contribution in [0.1, 0.15) is 19.3 Å². The van der Waals surface area contributed by atoms with Gasteiger partial charge in [0.15, 0.2) is 11.9 Å². The monoisotopic (exact) mass is 169 g/mol. The average molecular weight is 169 g/mol. The van der Waals surface area contributed by atoms with Gasteiger partial charge >= 0.3 is 0 Å². The first-order valence-corrected chi connectivity index (χ1v) is 4.12. The Bertz CT molecular complexity index is 184. The fraction of sp³-hybridized carbons (Fsp3) is 0.714. The smallest absolute Gasteiger partial charge is 0.195 e. The van der Waals surface area contributed by atoms with Crippen molar-refractivity contribution in [2.45, 2.75) is 19.3 Å². The van der Waals surface area contributed by atoms with E-state index in [0.29, 0.717) is 0 Å². The van der Waals surface area contributed by atoms with Gasteiger partial charge < -0.3 is 11.1 Å². The zero-order valence-corrected chi connectivity index (χ0v) is 6.98. The number of hydrogen-bond donors (Lipinski definition) is 5. The Balaban J connectivity index is 1.97. The quantitative estimate of drug-likeness (QED) is 0.299. The van der Waals surface area contributed by atoms with Gasteiger partial charge in [-0.1, -0.05) is 12.8 Å². The van der Waals surface area contributed by atoms with Crippen LogP contribution in [0.15, 0.2) is 0 Å². The predicted molar refractivity (Wildman–Crippen MR) is 48.1 cm³/mol. The van der Waals surface area contributed by atoms with E-state index in [2.05, 4.69) is 10.6 Å². The molecule has 0 radical (unpaired) electrons. The Morgan fingerprint density at radius 3 is 2.58 bits per heavy atom. The number of nitrogens with one attached hydrogen (secondary N) is 4. The molecule has 1 saturated carbocycles. The fourth-order valence-electron chi connectivity index (χ4n) is 0.987. The minimum Gasteiger partial charge on any atom is -0.370 e. The van der Waals surface area contributed by atoms with Crippen LogP contribution in [0.2, 0.25) is 0 Å². The third-order valence-corrected chi connectivity index (χ3v) is 1.81. The van der Waals surface area contributed by atoms with Crippen LogP contribution in [0.5, 0.6) is 0 Å². The molecule has 0 atom stereocenters. The number of rotatable bonds is 3. The van der Waals surface area contributed by atoms with Gasteiger partial charge in [-0.3, -0.25) is 16.1 Å². The lowest BCUT2D eigenvalue weighted by Crippen LogP contribution is -2.43. The molecule has 68 valence electrons. The van der Waals surface area contributed by atoms with Gasteiger partial charge in [-0.2, -0.15) is 0 Å². The SMILES string of the molecule is N=C(N)NC(=N)NCCC1CC1. The van der Waals surface area contributed by atoms with Crippen molar-refractivity contribution >= 4 is 11.9 Å². The van der Waals surface area contributed by atoms with Crippen LogP contribution < -0.4 is 16.4 Å². The van der Waals surface area contributed by atoms with Crippen LogP contribution >= 0.6 is 0 Å². The molecule has 0 bridgehead atoms. The van der Waals surface area contributed by atoms with E-state index in [1.54, 1.807) is 0 Å². The highest BCUT2D eigenvalue weighted by atomic mass is 15.2. The summed E-state index contributed by atoms with van der Waals surface area (Å²) in [5, 5.41) is 19.3. The topological polar surface area (TPSA) is 97.8 Å². The zero-order chi connectivity index (χ0) is 8.97. The summed E-state index contributed by atoms with van der Waals surface area (Å²) in [4.78, 5) is 0. The molecule has 1 fully saturated rings. The van der Waals surface area contributed by atoms with Gasteiger partial charge in [0.25, 0.3) is 0 Å². The molecule has 0 aliphatic heterocycles. The minimum atomic E-state index is -0.195. The first-order chi connectivity index (χ1) is 5.68. The van der Waals surface area contributed by atoms with Crippen LogP contribution in [0.4, 0.5) is 0 Å². The second-order valence-electron chi connectivity index (χ2n) is 3.07. The van der Waals surface area contributed by atoms with Gasteiger partial charge in [-0.05, 0) is 12.3 Å². The summed E-state index contributed by atoms with van der Waals surface area (Å²) < 4.78 is 0. The Morgan fingerprint density at radius 1 is 1.42 bits per heavy atom. The molecule has 1 aliphatic carbocycles. The van der Waals surface area contributed by atoms with Gasteiger partial charge in [0.2, 0.25) is 0 Å². The van der Waals surface area contributed by atoms with Crippen molar-refractivity contribution in [3.05, 3.63) is 0 Å². The van der Waals surface area contributed by atoms with E-state index in [-0.39, 0.29) is 11.9 Å². The zero-order valence-electron chi connectivity index (χ0n) is 6.98. The molecule has 0 heterocycles. The maximum Gasteiger partial charge on any atom is 0.195 e. The average Bonchev–Trinajstić information content (AvgIpc) is 2.69. The Morgan fingerprint density at radius 2 is 2.08 bits per heavy atom. The highest BCUT2D eigenvalue weighted by Crippen LogP contribution is 2.31. The van der Waals surface area contributed by atoms with E-state index in [1.165, 1.54) is 12.8 Å². The molecule has 1 rings (SSSR count).